The molecule has 0 fully saturated rings. The van der Waals surface area contributed by atoms with Crippen molar-refractivity contribution in [2.45, 2.75) is 105 Å². The van der Waals surface area contributed by atoms with Crippen LogP contribution in [0, 0.1) is 5.41 Å². The van der Waals surface area contributed by atoms with Crippen molar-refractivity contribution in [3.05, 3.63) is 23.8 Å². The molecule has 11 heteroatoms. The minimum atomic E-state index is -1.06. The summed E-state index contributed by atoms with van der Waals surface area (Å²) in [5.41, 5.74) is 5.92. The van der Waals surface area contributed by atoms with Gasteiger partial charge in [-0.05, 0) is 64.2 Å². The summed E-state index contributed by atoms with van der Waals surface area (Å²) in [6, 6.07) is 3.35. The van der Waals surface area contributed by atoms with E-state index in [0.717, 1.165) is 25.7 Å². The number of nitrogens with two attached hydrogens (primary N) is 1. The first-order valence-corrected chi connectivity index (χ1v) is 14.4. The second-order valence-electron chi connectivity index (χ2n) is 10.5. The summed E-state index contributed by atoms with van der Waals surface area (Å²) in [6.45, 7) is 11.4. The average Bonchev–Trinajstić information content (AvgIpc) is 2.93. The minimum Gasteiger partial charge on any atom is -0.461 e. The molecule has 41 heavy (non-hydrogen) atoms. The van der Waals surface area contributed by atoms with Gasteiger partial charge < -0.3 is 34.2 Å². The highest BCUT2D eigenvalue weighted by Gasteiger charge is 2.29. The third-order valence-electron chi connectivity index (χ3n) is 6.29. The van der Waals surface area contributed by atoms with Gasteiger partial charge in [0.15, 0.2) is 11.5 Å². The lowest BCUT2D eigenvalue weighted by atomic mass is 9.91. The maximum atomic E-state index is 12.5. The van der Waals surface area contributed by atoms with Gasteiger partial charge >= 0.3 is 24.2 Å². The van der Waals surface area contributed by atoms with Crippen molar-refractivity contribution >= 4 is 24.2 Å². The number of hydrogen-bond acceptors (Lipinski definition) is 11. The molecule has 0 aliphatic heterocycles. The highest BCUT2D eigenvalue weighted by molar-refractivity contribution is 5.77. The Hall–Kier alpha value is -3.34. The van der Waals surface area contributed by atoms with Crippen LogP contribution in [0.1, 0.15) is 92.1 Å². The zero-order chi connectivity index (χ0) is 30.8. The molecule has 11 nitrogen and oxygen atoms in total. The van der Waals surface area contributed by atoms with E-state index in [9.17, 15) is 19.2 Å². The molecule has 0 saturated heterocycles. The van der Waals surface area contributed by atoms with Gasteiger partial charge in [-0.25, -0.2) is 9.59 Å². The summed E-state index contributed by atoms with van der Waals surface area (Å²) in [6.07, 6.45) is 3.21. The zero-order valence-electron chi connectivity index (χ0n) is 25.3. The van der Waals surface area contributed by atoms with E-state index in [-0.39, 0.29) is 43.7 Å². The molecule has 2 atom stereocenters. The number of carbonyl (C=O) groups is 4. The summed E-state index contributed by atoms with van der Waals surface area (Å²) < 4.78 is 31.3. The first-order chi connectivity index (χ1) is 19.4. The Morgan fingerprint density at radius 2 is 1.39 bits per heavy atom. The number of hydrogen-bond donors (Lipinski definition) is 1. The number of benzene rings is 1. The van der Waals surface area contributed by atoms with E-state index in [1.165, 1.54) is 12.1 Å². The normalized spacial score (nSPS) is 12.6. The van der Waals surface area contributed by atoms with Crippen molar-refractivity contribution < 1.29 is 47.6 Å². The molecule has 0 unspecified atom stereocenters. The van der Waals surface area contributed by atoms with Crippen LogP contribution in [0.4, 0.5) is 9.59 Å². The monoisotopic (exact) mass is 581 g/mol. The number of esters is 2. The maximum absolute atomic E-state index is 12.5. The molecule has 2 N–H and O–H groups in total. The van der Waals surface area contributed by atoms with Gasteiger partial charge in [-0.1, -0.05) is 52.5 Å². The minimum absolute atomic E-state index is 0.0273. The van der Waals surface area contributed by atoms with Crippen molar-refractivity contribution in [2.24, 2.45) is 11.1 Å². The highest BCUT2D eigenvalue weighted by atomic mass is 16.7. The Bertz CT molecular complexity index is 978. The van der Waals surface area contributed by atoms with E-state index in [2.05, 4.69) is 0 Å². The van der Waals surface area contributed by atoms with Crippen molar-refractivity contribution in [2.75, 3.05) is 19.8 Å². The van der Waals surface area contributed by atoms with Crippen molar-refractivity contribution in [1.82, 2.24) is 0 Å². The van der Waals surface area contributed by atoms with Crippen LogP contribution in [-0.4, -0.2) is 56.2 Å². The molecule has 0 aliphatic rings. The topological polar surface area (TPSA) is 150 Å². The molecular formula is C30H47NO10. The SMILES string of the molecule is CCCCCOC(=O)Oc1ccc(C[C@H](N)C(=O)OC[C@H](C)OC(=O)C(C)(C)CC)cc1OC(=O)OCCCCC. The van der Waals surface area contributed by atoms with E-state index in [4.69, 9.17) is 34.2 Å². The molecule has 232 valence electrons. The van der Waals surface area contributed by atoms with Crippen LogP contribution in [0.3, 0.4) is 0 Å². The van der Waals surface area contributed by atoms with Crippen LogP contribution < -0.4 is 15.2 Å². The van der Waals surface area contributed by atoms with Gasteiger partial charge in [-0.3, -0.25) is 9.59 Å². The fourth-order valence-corrected chi connectivity index (χ4v) is 3.26. The quantitative estimate of drug-likeness (QED) is 0.0958. The predicted octanol–water partition coefficient (Wildman–Crippen LogP) is 5.88. The van der Waals surface area contributed by atoms with Gasteiger partial charge in [0.1, 0.15) is 18.8 Å². The van der Waals surface area contributed by atoms with Gasteiger partial charge in [-0.15, -0.1) is 0 Å². The predicted molar refractivity (Wildman–Crippen MR) is 152 cm³/mol. The molecule has 1 rings (SSSR count). The van der Waals surface area contributed by atoms with Crippen LogP contribution in [0.15, 0.2) is 18.2 Å². The molecule has 0 heterocycles. The number of unbranched alkanes of at least 4 members (excludes halogenated alkanes) is 4. The largest absolute Gasteiger partial charge is 0.513 e. The van der Waals surface area contributed by atoms with Gasteiger partial charge in [-0.2, -0.15) is 0 Å². The fraction of sp³-hybridized carbons (Fsp3) is 0.667. The standard InChI is InChI=1S/C30H47NO10/c1-7-10-12-16-36-28(34)40-24-15-14-22(19-25(24)41-29(35)37-17-13-11-8-2)18-23(31)26(32)38-20-21(4)39-27(33)30(5,6)9-3/h14-15,19,21,23H,7-13,16-18,20,31H2,1-6H3/t21-,23-/m0/s1. The summed E-state index contributed by atoms with van der Waals surface area (Å²) in [5.74, 6) is -1.22. The molecular weight excluding hydrogens is 534 g/mol. The lowest BCUT2D eigenvalue weighted by Gasteiger charge is -2.23. The molecule has 0 aliphatic carbocycles. The smallest absolute Gasteiger partial charge is 0.461 e. The molecule has 0 bridgehead atoms. The molecule has 1 aromatic carbocycles. The van der Waals surface area contributed by atoms with E-state index in [1.54, 1.807) is 26.8 Å². The Balaban J connectivity index is 2.84. The molecule has 0 amide bonds. The lowest BCUT2D eigenvalue weighted by molar-refractivity contribution is -0.166. The summed E-state index contributed by atoms with van der Waals surface area (Å²) >= 11 is 0. The van der Waals surface area contributed by atoms with E-state index < -0.39 is 35.8 Å². The third-order valence-corrected chi connectivity index (χ3v) is 6.29. The zero-order valence-corrected chi connectivity index (χ0v) is 25.3. The Labute approximate surface area is 243 Å². The van der Waals surface area contributed by atoms with Gasteiger partial charge in [0.05, 0.1) is 18.6 Å². The van der Waals surface area contributed by atoms with Crippen molar-refractivity contribution in [1.29, 1.82) is 0 Å². The first kappa shape index (κ1) is 35.7. The number of rotatable bonds is 18. The Morgan fingerprint density at radius 1 is 0.829 bits per heavy atom. The highest BCUT2D eigenvalue weighted by Crippen LogP contribution is 2.30. The molecule has 0 radical (unpaired) electrons. The van der Waals surface area contributed by atoms with Crippen LogP contribution >= 0.6 is 0 Å². The van der Waals surface area contributed by atoms with Gasteiger partial charge in [0.25, 0.3) is 0 Å². The van der Waals surface area contributed by atoms with Crippen molar-refractivity contribution in [3.8, 4) is 11.5 Å². The van der Waals surface area contributed by atoms with Crippen LogP contribution in [-0.2, 0) is 35.0 Å². The molecule has 0 aromatic heterocycles. The van der Waals surface area contributed by atoms with E-state index in [0.29, 0.717) is 24.8 Å². The van der Waals surface area contributed by atoms with Crippen LogP contribution in [0.5, 0.6) is 11.5 Å². The summed E-state index contributed by atoms with van der Waals surface area (Å²) in [7, 11) is 0. The molecule has 0 spiro atoms. The van der Waals surface area contributed by atoms with Crippen LogP contribution in [0.2, 0.25) is 0 Å². The Kier molecular flexibility index (Phi) is 16.5. The second-order valence-corrected chi connectivity index (χ2v) is 10.5. The Morgan fingerprint density at radius 3 is 1.93 bits per heavy atom. The lowest BCUT2D eigenvalue weighted by Crippen LogP contribution is -2.37. The summed E-state index contributed by atoms with van der Waals surface area (Å²) in [5, 5.41) is 0. The molecule has 0 saturated carbocycles. The van der Waals surface area contributed by atoms with E-state index in [1.807, 2.05) is 20.8 Å². The average molecular weight is 582 g/mol. The third kappa shape index (κ3) is 14.2. The first-order valence-electron chi connectivity index (χ1n) is 14.4. The maximum Gasteiger partial charge on any atom is 0.513 e. The van der Waals surface area contributed by atoms with E-state index >= 15 is 0 Å². The number of ether oxygens (including phenoxy) is 6. The number of carbonyl (C=O) groups excluding carboxylic acids is 4. The fourth-order valence-electron chi connectivity index (χ4n) is 3.26. The van der Waals surface area contributed by atoms with Gasteiger partial charge in [0.2, 0.25) is 0 Å². The van der Waals surface area contributed by atoms with Crippen molar-refractivity contribution in [3.63, 3.8) is 0 Å². The molecule has 1 aromatic rings. The van der Waals surface area contributed by atoms with Crippen LogP contribution in [0.25, 0.3) is 0 Å². The summed E-state index contributed by atoms with van der Waals surface area (Å²) in [4.78, 5) is 49.1. The second kappa shape index (κ2) is 18.9. The van der Waals surface area contributed by atoms with Gasteiger partial charge in [0, 0.05) is 0 Å².